The van der Waals surface area contributed by atoms with Gasteiger partial charge in [0.05, 0.1) is 22.6 Å². The Balaban J connectivity index is 1.58. The van der Waals surface area contributed by atoms with Crippen LogP contribution in [0.15, 0.2) is 29.5 Å². The van der Waals surface area contributed by atoms with Gasteiger partial charge in [-0.05, 0) is 37.9 Å². The van der Waals surface area contributed by atoms with Crippen molar-refractivity contribution in [2.24, 2.45) is 10.8 Å². The number of rotatable bonds is 7. The second-order valence-corrected chi connectivity index (χ2v) is 6.22. The van der Waals surface area contributed by atoms with Crippen LogP contribution in [0.5, 0.6) is 0 Å². The molecule has 1 aliphatic heterocycles. The summed E-state index contributed by atoms with van der Waals surface area (Å²) in [7, 11) is 0. The molecule has 0 fully saturated rings. The summed E-state index contributed by atoms with van der Waals surface area (Å²) in [6.07, 6.45) is 8.64. The molecule has 0 bridgehead atoms. The first-order valence-corrected chi connectivity index (χ1v) is 8.49. The molecule has 5 heteroatoms. The largest absolute Gasteiger partial charge is 0.330 e. The standard InChI is InChI=1S/C18H25N5/c1-14-7-6-8-16-18(14)20-12-17(22-16)15-11-21-23(13-15)10-5-3-2-4-9-19/h6-8,11-12,15H,2-5,9-10,13,19H2,1H3. The van der Waals surface area contributed by atoms with Gasteiger partial charge in [-0.2, -0.15) is 5.10 Å². The van der Waals surface area contributed by atoms with E-state index in [0.29, 0.717) is 0 Å². The van der Waals surface area contributed by atoms with Crippen LogP contribution < -0.4 is 5.73 Å². The number of hydrogen-bond acceptors (Lipinski definition) is 5. The minimum absolute atomic E-state index is 0.247. The molecule has 3 rings (SSSR count). The Hall–Kier alpha value is -2.01. The number of para-hydroxylation sites is 1. The van der Waals surface area contributed by atoms with Gasteiger partial charge in [0.1, 0.15) is 0 Å². The lowest BCUT2D eigenvalue weighted by Gasteiger charge is -2.15. The summed E-state index contributed by atoms with van der Waals surface area (Å²) in [6.45, 7) is 4.78. The molecule has 0 spiro atoms. The fourth-order valence-electron chi connectivity index (χ4n) is 2.99. The minimum Gasteiger partial charge on any atom is -0.330 e. The van der Waals surface area contributed by atoms with Gasteiger partial charge >= 0.3 is 0 Å². The Labute approximate surface area is 137 Å². The maximum atomic E-state index is 5.52. The fourth-order valence-corrected chi connectivity index (χ4v) is 2.99. The molecule has 2 heterocycles. The average molecular weight is 311 g/mol. The van der Waals surface area contributed by atoms with E-state index in [0.717, 1.165) is 42.8 Å². The fraction of sp³-hybridized carbons (Fsp3) is 0.500. The van der Waals surface area contributed by atoms with E-state index in [2.05, 4.69) is 28.1 Å². The summed E-state index contributed by atoms with van der Waals surface area (Å²) in [5, 5.41) is 6.67. The van der Waals surface area contributed by atoms with Crippen molar-refractivity contribution in [3.8, 4) is 0 Å². The number of benzene rings is 1. The number of unbranched alkanes of at least 4 members (excludes halogenated alkanes) is 3. The molecule has 1 aromatic heterocycles. The molecule has 2 aromatic rings. The van der Waals surface area contributed by atoms with E-state index >= 15 is 0 Å². The van der Waals surface area contributed by atoms with Crippen molar-refractivity contribution in [3.63, 3.8) is 0 Å². The Kier molecular flexibility index (Phi) is 5.18. The summed E-state index contributed by atoms with van der Waals surface area (Å²) in [6, 6.07) is 6.13. The summed E-state index contributed by atoms with van der Waals surface area (Å²) in [4.78, 5) is 9.37. The average Bonchev–Trinajstić information content (AvgIpc) is 3.03. The zero-order valence-corrected chi connectivity index (χ0v) is 13.8. The molecule has 5 nitrogen and oxygen atoms in total. The van der Waals surface area contributed by atoms with Crippen LogP contribution in [0.4, 0.5) is 0 Å². The zero-order chi connectivity index (χ0) is 16.1. The molecule has 1 unspecified atom stereocenters. The molecule has 0 amide bonds. The van der Waals surface area contributed by atoms with Gasteiger partial charge in [-0.25, -0.2) is 4.98 Å². The predicted octanol–water partition coefficient (Wildman–Crippen LogP) is 2.84. The van der Waals surface area contributed by atoms with Gasteiger partial charge in [0.25, 0.3) is 0 Å². The van der Waals surface area contributed by atoms with Gasteiger partial charge in [0, 0.05) is 25.5 Å². The molecule has 1 aromatic carbocycles. The maximum absolute atomic E-state index is 5.52. The first-order valence-electron chi connectivity index (χ1n) is 8.49. The molecule has 0 radical (unpaired) electrons. The molecule has 122 valence electrons. The maximum Gasteiger partial charge on any atom is 0.0916 e. The Morgan fingerprint density at radius 1 is 1.22 bits per heavy atom. The third kappa shape index (κ3) is 3.85. The van der Waals surface area contributed by atoms with Crippen molar-refractivity contribution in [1.29, 1.82) is 0 Å². The van der Waals surface area contributed by atoms with E-state index in [9.17, 15) is 0 Å². The normalized spacial score (nSPS) is 17.3. The number of fused-ring (bicyclic) bond motifs is 1. The molecule has 2 N–H and O–H groups in total. The highest BCUT2D eigenvalue weighted by Gasteiger charge is 2.21. The highest BCUT2D eigenvalue weighted by Crippen LogP contribution is 2.21. The number of aromatic nitrogens is 2. The zero-order valence-electron chi connectivity index (χ0n) is 13.8. The van der Waals surface area contributed by atoms with Gasteiger partial charge in [0.15, 0.2) is 0 Å². The van der Waals surface area contributed by atoms with E-state index in [1.807, 2.05) is 24.5 Å². The van der Waals surface area contributed by atoms with Crippen LogP contribution in [0.2, 0.25) is 0 Å². The molecule has 0 saturated heterocycles. The number of nitrogens with zero attached hydrogens (tertiary/aromatic N) is 4. The topological polar surface area (TPSA) is 67.4 Å². The SMILES string of the molecule is Cc1cccc2nc(C3C=NN(CCCCCCN)C3)cnc12. The molecule has 0 aliphatic carbocycles. The van der Waals surface area contributed by atoms with Crippen molar-refractivity contribution in [3.05, 3.63) is 35.7 Å². The lowest BCUT2D eigenvalue weighted by atomic mass is 10.1. The summed E-state index contributed by atoms with van der Waals surface area (Å²) >= 11 is 0. The van der Waals surface area contributed by atoms with Gasteiger partial charge < -0.3 is 5.73 Å². The quantitative estimate of drug-likeness (QED) is 0.798. The van der Waals surface area contributed by atoms with Gasteiger partial charge in [0.2, 0.25) is 0 Å². The van der Waals surface area contributed by atoms with Crippen LogP contribution in [0.25, 0.3) is 11.0 Å². The second-order valence-electron chi connectivity index (χ2n) is 6.22. The predicted molar refractivity (Wildman–Crippen MR) is 94.6 cm³/mol. The van der Waals surface area contributed by atoms with Crippen molar-refractivity contribution >= 4 is 17.2 Å². The van der Waals surface area contributed by atoms with Crippen molar-refractivity contribution in [2.45, 2.75) is 38.5 Å². The van der Waals surface area contributed by atoms with E-state index in [1.165, 1.54) is 24.8 Å². The van der Waals surface area contributed by atoms with E-state index in [1.54, 1.807) is 0 Å². The number of nitrogens with two attached hydrogens (primary N) is 1. The molecule has 23 heavy (non-hydrogen) atoms. The van der Waals surface area contributed by atoms with Crippen LogP contribution in [-0.4, -0.2) is 40.8 Å². The highest BCUT2D eigenvalue weighted by molar-refractivity contribution is 5.78. The highest BCUT2D eigenvalue weighted by atomic mass is 15.5. The Morgan fingerprint density at radius 3 is 2.96 bits per heavy atom. The van der Waals surface area contributed by atoms with E-state index < -0.39 is 0 Å². The number of aryl methyl sites for hydroxylation is 1. The lowest BCUT2D eigenvalue weighted by molar-refractivity contribution is 0.300. The summed E-state index contributed by atoms with van der Waals surface area (Å²) < 4.78 is 0. The molecule has 1 aliphatic rings. The third-order valence-corrected chi connectivity index (χ3v) is 4.36. The van der Waals surface area contributed by atoms with Gasteiger partial charge in [-0.3, -0.25) is 9.99 Å². The van der Waals surface area contributed by atoms with Gasteiger partial charge in [-0.1, -0.05) is 25.0 Å². The third-order valence-electron chi connectivity index (χ3n) is 4.36. The molecular weight excluding hydrogens is 286 g/mol. The van der Waals surface area contributed by atoms with Crippen LogP contribution >= 0.6 is 0 Å². The second kappa shape index (κ2) is 7.51. The first-order chi connectivity index (χ1) is 11.3. The summed E-state index contributed by atoms with van der Waals surface area (Å²) in [5.41, 5.74) is 9.65. The first kappa shape index (κ1) is 15.9. The molecule has 0 saturated carbocycles. The number of hydrogen-bond donors (Lipinski definition) is 1. The molecular formula is C18H25N5. The monoisotopic (exact) mass is 311 g/mol. The van der Waals surface area contributed by atoms with Crippen LogP contribution in [0.3, 0.4) is 0 Å². The smallest absolute Gasteiger partial charge is 0.0916 e. The van der Waals surface area contributed by atoms with Crippen molar-refractivity contribution in [2.75, 3.05) is 19.6 Å². The number of hydrazone groups is 1. The van der Waals surface area contributed by atoms with Crippen LogP contribution in [-0.2, 0) is 0 Å². The van der Waals surface area contributed by atoms with Crippen LogP contribution in [0.1, 0.15) is 42.9 Å². The van der Waals surface area contributed by atoms with E-state index in [4.69, 9.17) is 10.7 Å². The molecule has 1 atom stereocenters. The lowest BCUT2D eigenvalue weighted by Crippen LogP contribution is -2.19. The van der Waals surface area contributed by atoms with Crippen molar-refractivity contribution in [1.82, 2.24) is 15.0 Å². The van der Waals surface area contributed by atoms with E-state index in [-0.39, 0.29) is 5.92 Å². The summed E-state index contributed by atoms with van der Waals surface area (Å²) in [5.74, 6) is 0.247. The van der Waals surface area contributed by atoms with Gasteiger partial charge in [-0.15, -0.1) is 0 Å². The Bertz CT molecular complexity index is 682. The Morgan fingerprint density at radius 2 is 2.09 bits per heavy atom. The van der Waals surface area contributed by atoms with Crippen molar-refractivity contribution < 1.29 is 0 Å². The van der Waals surface area contributed by atoms with Crippen LogP contribution in [0, 0.1) is 6.92 Å². The minimum atomic E-state index is 0.247.